The first-order valence-electron chi connectivity index (χ1n) is 43.7. The molecule has 27 rings (SSSR count). The Hall–Kier alpha value is -16.6. The average Bonchev–Trinajstić information content (AvgIpc) is 1.50. The van der Waals surface area contributed by atoms with Gasteiger partial charge in [0, 0.05) is 71.1 Å². The van der Waals surface area contributed by atoms with Crippen LogP contribution in [0.15, 0.2) is 426 Å². The van der Waals surface area contributed by atoms with Gasteiger partial charge in [0.1, 0.15) is 33.5 Å². The second-order valence-corrected chi connectivity index (χ2v) is 34.5. The highest BCUT2D eigenvalue weighted by atomic mass is 16.3. The maximum atomic E-state index is 6.74. The molecule has 1 spiro atoms. The van der Waals surface area contributed by atoms with Crippen LogP contribution in [0.5, 0.6) is 0 Å². The van der Waals surface area contributed by atoms with Crippen LogP contribution in [-0.4, -0.2) is 29.9 Å². The highest BCUT2D eigenvalue weighted by Crippen LogP contribution is 2.64. The van der Waals surface area contributed by atoms with E-state index < -0.39 is 10.8 Å². The van der Waals surface area contributed by atoms with Crippen LogP contribution < -0.4 is 0 Å². The first-order valence-corrected chi connectivity index (χ1v) is 43.7. The molecule has 9 heteroatoms. The molecule has 4 aliphatic carbocycles. The lowest BCUT2D eigenvalue weighted by Crippen LogP contribution is -2.28. The fraction of sp³-hybridized carbons (Fsp3) is 0.0420. The topological polar surface area (TPSA) is 117 Å². The van der Waals surface area contributed by atoms with Crippen molar-refractivity contribution in [1.82, 2.24) is 29.9 Å². The first kappa shape index (κ1) is 73.0. The molecule has 128 heavy (non-hydrogen) atoms. The Labute approximate surface area is 737 Å². The van der Waals surface area contributed by atoms with Crippen molar-refractivity contribution in [2.75, 3.05) is 0 Å². The fourth-order valence-corrected chi connectivity index (χ4v) is 21.6. The minimum absolute atomic E-state index is 0.135. The standard InChI is InChI=1S/C61H41N3O.C58H33N3O2/c1-60(2)50-26-14-13-24-45(50)56-46(25-16-28-52(56)60)59-63-57(39-17-6-3-7-18-39)62-58(64-59)40-31-29-38(30-32-40)41-33-34-54-48(35-41)49-36-47-44-23-12-15-27-51(44)61(42-19-8-4-9-20-42,43-21-10-5-11-22-43)53(47)37-55(49)65-54;1-2-13-35(14-3-1)55-59-56(61-57(60-55)42-19-12-24-52-54(42)41-18-7-11-23-50(41)62-52)36-27-25-34(26-28-36)37-29-30-51-44(31-37)45-32-43-40-17-6-10-22-48(40)58(49(43)33-53(45)63-51)46-20-8-4-15-38(46)39-16-5-9-21-47(39)58/h3-37H,1-2H3;1-33H. The molecular formula is C119H74N6O3. The molecule has 598 valence electrons. The van der Waals surface area contributed by atoms with E-state index in [4.69, 9.17) is 43.2 Å². The second kappa shape index (κ2) is 28.2. The molecular weight excluding hydrogens is 1560 g/mol. The van der Waals surface area contributed by atoms with Gasteiger partial charge in [-0.15, -0.1) is 0 Å². The van der Waals surface area contributed by atoms with E-state index in [2.05, 4.69) is 347 Å². The zero-order chi connectivity index (χ0) is 84.5. The summed E-state index contributed by atoms with van der Waals surface area (Å²) < 4.78 is 19.7. The molecule has 0 atom stereocenters. The van der Waals surface area contributed by atoms with Gasteiger partial charge in [0.2, 0.25) is 0 Å². The summed E-state index contributed by atoms with van der Waals surface area (Å²) in [5.41, 5.74) is 37.0. The van der Waals surface area contributed by atoms with Crippen molar-refractivity contribution in [1.29, 1.82) is 0 Å². The molecule has 0 amide bonds. The van der Waals surface area contributed by atoms with Gasteiger partial charge in [0.05, 0.1) is 10.8 Å². The molecule has 0 aliphatic heterocycles. The third kappa shape index (κ3) is 10.9. The van der Waals surface area contributed by atoms with E-state index in [9.17, 15) is 0 Å². The quantitative estimate of drug-likeness (QED) is 0.132. The van der Waals surface area contributed by atoms with Gasteiger partial charge in [-0.1, -0.05) is 366 Å². The maximum absolute atomic E-state index is 6.74. The van der Waals surface area contributed by atoms with Crippen LogP contribution in [0.2, 0.25) is 0 Å². The zero-order valence-corrected chi connectivity index (χ0v) is 69.7. The summed E-state index contributed by atoms with van der Waals surface area (Å²) in [5.74, 6) is 3.76. The molecule has 9 nitrogen and oxygen atoms in total. The predicted octanol–water partition coefficient (Wildman–Crippen LogP) is 29.8. The normalized spacial score (nSPS) is 13.6. The fourth-order valence-electron chi connectivity index (χ4n) is 21.6. The van der Waals surface area contributed by atoms with Crippen LogP contribution in [0.1, 0.15) is 69.5 Å². The third-order valence-corrected chi connectivity index (χ3v) is 27.4. The van der Waals surface area contributed by atoms with Crippen LogP contribution in [0, 0.1) is 0 Å². The van der Waals surface area contributed by atoms with Crippen molar-refractivity contribution in [3.63, 3.8) is 0 Å². The van der Waals surface area contributed by atoms with E-state index >= 15 is 0 Å². The second-order valence-electron chi connectivity index (χ2n) is 34.5. The van der Waals surface area contributed by atoms with Crippen molar-refractivity contribution >= 4 is 65.8 Å². The number of hydrogen-bond donors (Lipinski definition) is 0. The summed E-state index contributed by atoms with van der Waals surface area (Å²) >= 11 is 0. The van der Waals surface area contributed by atoms with Crippen LogP contribution in [0.3, 0.4) is 0 Å². The summed E-state index contributed by atoms with van der Waals surface area (Å²) in [6, 6.07) is 147. The zero-order valence-electron chi connectivity index (χ0n) is 69.7. The maximum Gasteiger partial charge on any atom is 0.164 e. The van der Waals surface area contributed by atoms with Gasteiger partial charge in [0.15, 0.2) is 34.9 Å². The summed E-state index contributed by atoms with van der Waals surface area (Å²) in [5, 5.41) is 6.42. The molecule has 23 aromatic rings. The Morgan fingerprint density at radius 1 is 0.180 bits per heavy atom. The van der Waals surface area contributed by atoms with Gasteiger partial charge >= 0.3 is 0 Å². The molecule has 18 aromatic carbocycles. The Kier molecular flexibility index (Phi) is 16.1. The molecule has 0 radical (unpaired) electrons. The number of hydrogen-bond acceptors (Lipinski definition) is 9. The molecule has 0 bridgehead atoms. The van der Waals surface area contributed by atoms with Crippen molar-refractivity contribution in [2.45, 2.75) is 30.1 Å². The number of aromatic nitrogens is 6. The third-order valence-electron chi connectivity index (χ3n) is 27.4. The van der Waals surface area contributed by atoms with E-state index in [0.29, 0.717) is 34.9 Å². The average molecular weight is 1640 g/mol. The van der Waals surface area contributed by atoms with E-state index in [1.807, 2.05) is 78.9 Å². The summed E-state index contributed by atoms with van der Waals surface area (Å²) in [6.07, 6.45) is 0. The number of fused-ring (bicyclic) bond motifs is 25. The molecule has 0 fully saturated rings. The Bertz CT molecular complexity index is 8440. The number of rotatable bonds is 10. The minimum Gasteiger partial charge on any atom is -0.456 e. The molecule has 0 saturated heterocycles. The monoisotopic (exact) mass is 1630 g/mol. The van der Waals surface area contributed by atoms with Crippen molar-refractivity contribution in [3.05, 3.63) is 468 Å². The van der Waals surface area contributed by atoms with Crippen LogP contribution in [0.25, 0.3) is 201 Å². The molecule has 0 N–H and O–H groups in total. The van der Waals surface area contributed by atoms with E-state index in [1.165, 1.54) is 100 Å². The highest BCUT2D eigenvalue weighted by Gasteiger charge is 2.52. The number of para-hydroxylation sites is 1. The number of nitrogens with zero attached hydrogens (tertiary/aromatic N) is 6. The van der Waals surface area contributed by atoms with Crippen LogP contribution in [0.4, 0.5) is 0 Å². The highest BCUT2D eigenvalue weighted by molar-refractivity contribution is 6.14. The van der Waals surface area contributed by atoms with Gasteiger partial charge in [-0.05, 0) is 183 Å². The van der Waals surface area contributed by atoms with Crippen LogP contribution >= 0.6 is 0 Å². The Morgan fingerprint density at radius 2 is 0.500 bits per heavy atom. The molecule has 5 heterocycles. The smallest absolute Gasteiger partial charge is 0.164 e. The van der Waals surface area contributed by atoms with Crippen LogP contribution in [-0.2, 0) is 16.2 Å². The number of benzene rings is 18. The Morgan fingerprint density at radius 3 is 1.00 bits per heavy atom. The van der Waals surface area contributed by atoms with Gasteiger partial charge in [-0.25, -0.2) is 29.9 Å². The summed E-state index contributed by atoms with van der Waals surface area (Å²) in [4.78, 5) is 30.7. The largest absolute Gasteiger partial charge is 0.456 e. The van der Waals surface area contributed by atoms with E-state index in [0.717, 1.165) is 121 Å². The Balaban J connectivity index is 0.000000136. The SMILES string of the molecule is CC1(C)c2ccccc2-c2c(-c3nc(-c4ccccc4)nc(-c4ccc(-c5ccc6oc7cc8c(cc7c6c5)-c5ccccc5C8(c5ccccc5)c5ccccc5)cc4)n3)cccc21.c1ccc(-c2nc(-c3ccc(-c4ccc5oc6cc7c(cc6c5c4)-c4ccccc4C74c5ccccc5-c5ccccc54)cc3)nc(-c3cccc4oc5ccccc5c34)n2)cc1. The van der Waals surface area contributed by atoms with E-state index in [1.54, 1.807) is 0 Å². The molecule has 0 unspecified atom stereocenters. The van der Waals surface area contributed by atoms with Crippen molar-refractivity contribution in [2.24, 2.45) is 0 Å². The first-order chi connectivity index (χ1) is 63.2. The summed E-state index contributed by atoms with van der Waals surface area (Å²) in [6.45, 7) is 4.61. The lowest BCUT2D eigenvalue weighted by atomic mass is 9.67. The minimum atomic E-state index is -0.487. The number of furan rings is 3. The van der Waals surface area contributed by atoms with Gasteiger partial charge < -0.3 is 13.3 Å². The van der Waals surface area contributed by atoms with Crippen molar-refractivity contribution in [3.8, 4) is 135 Å². The van der Waals surface area contributed by atoms with Crippen molar-refractivity contribution < 1.29 is 13.3 Å². The lowest BCUT2D eigenvalue weighted by Gasteiger charge is -2.33. The molecule has 4 aliphatic rings. The summed E-state index contributed by atoms with van der Waals surface area (Å²) in [7, 11) is 0. The predicted molar refractivity (Wildman–Crippen MR) is 516 cm³/mol. The molecule has 5 aromatic heterocycles. The van der Waals surface area contributed by atoms with Gasteiger partial charge in [-0.2, -0.15) is 0 Å². The molecule has 0 saturated carbocycles. The van der Waals surface area contributed by atoms with Gasteiger partial charge in [-0.3, -0.25) is 0 Å². The van der Waals surface area contributed by atoms with Gasteiger partial charge in [0.25, 0.3) is 0 Å². The van der Waals surface area contributed by atoms with E-state index in [-0.39, 0.29) is 5.41 Å². The lowest BCUT2D eigenvalue weighted by molar-refractivity contribution is 0.660.